The van der Waals surface area contributed by atoms with Crippen molar-refractivity contribution in [1.82, 2.24) is 4.90 Å². The average Bonchev–Trinajstić information content (AvgIpc) is 3.24. The van der Waals surface area contributed by atoms with Crippen molar-refractivity contribution in [3.05, 3.63) is 100 Å². The third-order valence-corrected chi connectivity index (χ3v) is 7.64. The zero-order valence-corrected chi connectivity index (χ0v) is 24.9. The number of ketones is 1. The number of carbonyl (C=O) groups is 1. The molecule has 0 N–H and O–H groups in total. The fraction of sp³-hybridized carbons (Fsp3) is 0.429. The number of likely N-dealkylation sites (tertiary alicyclic amines) is 1. The molecule has 4 heteroatoms. The Labute approximate surface area is 236 Å². The summed E-state index contributed by atoms with van der Waals surface area (Å²) in [5, 5.41) is 0. The molecule has 2 heterocycles. The molecule has 3 rings (SSSR count). The second kappa shape index (κ2) is 14.1. The first kappa shape index (κ1) is 30.1. The minimum Gasteiger partial charge on any atom is -0.371 e. The van der Waals surface area contributed by atoms with Crippen molar-refractivity contribution in [2.24, 2.45) is 15.9 Å². The van der Waals surface area contributed by atoms with Crippen LogP contribution in [0.5, 0.6) is 0 Å². The Balaban J connectivity index is 1.99. The maximum absolute atomic E-state index is 13.0. The van der Waals surface area contributed by atoms with Crippen molar-refractivity contribution in [3.8, 4) is 0 Å². The van der Waals surface area contributed by atoms with Crippen molar-refractivity contribution in [2.75, 3.05) is 20.1 Å². The maximum Gasteiger partial charge on any atom is 0.183 e. The van der Waals surface area contributed by atoms with Gasteiger partial charge in [0, 0.05) is 50.0 Å². The largest absolute Gasteiger partial charge is 0.371 e. The van der Waals surface area contributed by atoms with Crippen LogP contribution in [0.4, 0.5) is 0 Å². The first-order valence-corrected chi connectivity index (χ1v) is 14.3. The van der Waals surface area contributed by atoms with Gasteiger partial charge in [-0.1, -0.05) is 51.2 Å². The van der Waals surface area contributed by atoms with Gasteiger partial charge in [0.1, 0.15) is 0 Å². The van der Waals surface area contributed by atoms with Gasteiger partial charge in [0.2, 0.25) is 0 Å². The summed E-state index contributed by atoms with van der Waals surface area (Å²) < 4.78 is 0. The SMILES string of the molecule is C=C1CCCN(C(/C=C\C2=NC(C(/C=C3/C(CCC)=C=C(C)C(C)=CC3C)=NC)=CC(=O)C(=C)C2)=C/C)CC1. The van der Waals surface area contributed by atoms with Gasteiger partial charge >= 0.3 is 0 Å². The van der Waals surface area contributed by atoms with E-state index in [9.17, 15) is 4.79 Å². The van der Waals surface area contributed by atoms with Crippen LogP contribution in [0, 0.1) is 5.92 Å². The Kier molecular flexibility index (Phi) is 10.8. The molecule has 0 spiro atoms. The molecule has 2 aliphatic heterocycles. The van der Waals surface area contributed by atoms with E-state index in [0.717, 1.165) is 56.6 Å². The Hall–Kier alpha value is -3.49. The van der Waals surface area contributed by atoms with Crippen molar-refractivity contribution >= 4 is 17.2 Å². The lowest BCUT2D eigenvalue weighted by Crippen LogP contribution is -2.23. The van der Waals surface area contributed by atoms with Crippen molar-refractivity contribution < 1.29 is 4.79 Å². The average molecular weight is 524 g/mol. The molecule has 0 aromatic carbocycles. The predicted octanol–water partition coefficient (Wildman–Crippen LogP) is 8.21. The summed E-state index contributed by atoms with van der Waals surface area (Å²) in [5.74, 6) is 0.106. The third kappa shape index (κ3) is 8.00. The standard InChI is InChI=1S/C35H45N3O/c1-9-12-29-20-26(5)25(4)19-27(6)32(29)22-33(36-8)34-23-35(39)28(7)21-30(37-34)14-15-31(10-2)38-17-11-13-24(3)16-18-38/h10,14-15,19,22-23,27H,3,7,9,11-13,16-18,21H2,1-2,4-6,8H3/b15-14-,31-10+,32-22+,36-33?. The Morgan fingerprint density at radius 1 is 1.26 bits per heavy atom. The van der Waals surface area contributed by atoms with Gasteiger partial charge in [-0.05, 0) is 92.5 Å². The smallest absolute Gasteiger partial charge is 0.183 e. The summed E-state index contributed by atoms with van der Waals surface area (Å²) in [7, 11) is 1.76. The second-order valence-corrected chi connectivity index (χ2v) is 10.7. The zero-order valence-electron chi connectivity index (χ0n) is 24.9. The highest BCUT2D eigenvalue weighted by molar-refractivity contribution is 6.19. The highest BCUT2D eigenvalue weighted by Crippen LogP contribution is 2.31. The summed E-state index contributed by atoms with van der Waals surface area (Å²) in [6.07, 6.45) is 17.9. The minimum atomic E-state index is -0.0984. The monoisotopic (exact) mass is 523 g/mol. The lowest BCUT2D eigenvalue weighted by atomic mass is 9.90. The molecule has 0 aromatic heterocycles. The molecule has 0 saturated carbocycles. The molecule has 0 aromatic rings. The summed E-state index contributed by atoms with van der Waals surface area (Å²) >= 11 is 0. The molecule has 0 radical (unpaired) electrons. The van der Waals surface area contributed by atoms with Crippen molar-refractivity contribution in [1.29, 1.82) is 0 Å². The molecule has 3 aliphatic rings. The Morgan fingerprint density at radius 3 is 2.72 bits per heavy atom. The highest BCUT2D eigenvalue weighted by atomic mass is 16.1. The van der Waals surface area contributed by atoms with Crippen molar-refractivity contribution in [2.45, 2.75) is 73.1 Å². The molecule has 1 fully saturated rings. The molecular formula is C35H45N3O. The van der Waals surface area contributed by atoms with Crippen molar-refractivity contribution in [3.63, 3.8) is 0 Å². The second-order valence-electron chi connectivity index (χ2n) is 10.7. The Morgan fingerprint density at radius 2 is 2.03 bits per heavy atom. The first-order valence-electron chi connectivity index (χ1n) is 14.3. The summed E-state index contributed by atoms with van der Waals surface area (Å²) in [6, 6.07) is 0. The fourth-order valence-electron chi connectivity index (χ4n) is 5.20. The van der Waals surface area contributed by atoms with Gasteiger partial charge in [0.25, 0.3) is 0 Å². The summed E-state index contributed by atoms with van der Waals surface area (Å²) in [6.45, 7) is 21.0. The van der Waals surface area contributed by atoms with Crippen LogP contribution in [-0.2, 0) is 4.79 Å². The van der Waals surface area contributed by atoms with Gasteiger partial charge in [-0.15, -0.1) is 5.73 Å². The Bertz CT molecular complexity index is 1300. The van der Waals surface area contributed by atoms with E-state index < -0.39 is 0 Å². The predicted molar refractivity (Wildman–Crippen MR) is 167 cm³/mol. The number of rotatable bonds is 7. The zero-order chi connectivity index (χ0) is 28.5. The van der Waals surface area contributed by atoms with Crippen LogP contribution >= 0.6 is 0 Å². The van der Waals surface area contributed by atoms with E-state index in [-0.39, 0.29) is 11.7 Å². The van der Waals surface area contributed by atoms with Gasteiger partial charge in [-0.2, -0.15) is 0 Å². The van der Waals surface area contributed by atoms with Gasteiger partial charge in [0.15, 0.2) is 5.78 Å². The van der Waals surface area contributed by atoms with E-state index in [1.54, 1.807) is 13.1 Å². The van der Waals surface area contributed by atoms with Gasteiger partial charge in [0.05, 0.1) is 11.4 Å². The van der Waals surface area contributed by atoms with Crippen LogP contribution in [0.15, 0.2) is 110 Å². The molecule has 206 valence electrons. The van der Waals surface area contributed by atoms with Gasteiger partial charge < -0.3 is 4.90 Å². The molecular weight excluding hydrogens is 478 g/mol. The van der Waals surface area contributed by atoms with Crippen LogP contribution in [0.1, 0.15) is 73.1 Å². The van der Waals surface area contributed by atoms with Gasteiger partial charge in [-0.3, -0.25) is 14.8 Å². The van der Waals surface area contributed by atoms with Crippen LogP contribution < -0.4 is 0 Å². The summed E-state index contributed by atoms with van der Waals surface area (Å²) in [5.41, 5.74) is 13.5. The summed E-state index contributed by atoms with van der Waals surface area (Å²) in [4.78, 5) is 24.9. The van der Waals surface area contributed by atoms with E-state index in [0.29, 0.717) is 23.4 Å². The topological polar surface area (TPSA) is 45.0 Å². The van der Waals surface area contributed by atoms with Crippen LogP contribution in [0.3, 0.4) is 0 Å². The lowest BCUT2D eigenvalue weighted by molar-refractivity contribution is -0.111. The fourth-order valence-corrected chi connectivity index (χ4v) is 5.20. The molecule has 0 bridgehead atoms. The molecule has 1 aliphatic carbocycles. The lowest BCUT2D eigenvalue weighted by Gasteiger charge is -2.23. The normalized spacial score (nSPS) is 23.2. The maximum atomic E-state index is 13.0. The molecule has 39 heavy (non-hydrogen) atoms. The molecule has 0 amide bonds. The van der Waals surface area contributed by atoms with E-state index in [1.165, 1.54) is 27.9 Å². The number of nitrogens with zero attached hydrogens (tertiary/aromatic N) is 3. The highest BCUT2D eigenvalue weighted by Gasteiger charge is 2.20. The van der Waals surface area contributed by atoms with E-state index in [1.807, 2.05) is 6.08 Å². The van der Waals surface area contributed by atoms with Gasteiger partial charge in [-0.25, -0.2) is 0 Å². The van der Waals surface area contributed by atoms with E-state index in [4.69, 9.17) is 4.99 Å². The van der Waals surface area contributed by atoms with Crippen LogP contribution in [-0.4, -0.2) is 42.2 Å². The first-order chi connectivity index (χ1) is 18.7. The number of allylic oxidation sites excluding steroid dienone is 10. The molecule has 1 atom stereocenters. The van der Waals surface area contributed by atoms with E-state index >= 15 is 0 Å². The molecule has 1 saturated heterocycles. The quantitative estimate of drug-likeness (QED) is 0.111. The third-order valence-electron chi connectivity index (χ3n) is 7.64. The van der Waals surface area contributed by atoms with Crippen LogP contribution in [0.25, 0.3) is 0 Å². The van der Waals surface area contributed by atoms with Crippen LogP contribution in [0.2, 0.25) is 0 Å². The number of aliphatic imine (C=N–C) groups is 2. The number of carbonyl (C=O) groups excluding carboxylic acids is 1. The molecule has 4 nitrogen and oxygen atoms in total. The minimum absolute atomic E-state index is 0.0984. The number of hydrogen-bond donors (Lipinski definition) is 0. The molecule has 1 unspecified atom stereocenters. The number of hydrogen-bond acceptors (Lipinski definition) is 4. The van der Waals surface area contributed by atoms with E-state index in [2.05, 4.69) is 87.7 Å².